The zero-order valence-corrected chi connectivity index (χ0v) is 16.7. The minimum Gasteiger partial charge on any atom is -0.484 e. The van der Waals surface area contributed by atoms with Crippen LogP contribution < -0.4 is 4.74 Å². The Hall–Kier alpha value is -3.23. The molecule has 9 heteroatoms. The molecule has 1 aliphatic rings. The number of hydrogen-bond donors (Lipinski definition) is 0. The van der Waals surface area contributed by atoms with Crippen molar-refractivity contribution in [1.82, 2.24) is 29.4 Å². The van der Waals surface area contributed by atoms with Crippen LogP contribution in [0.25, 0.3) is 11.5 Å². The second-order valence-electron chi connectivity index (χ2n) is 7.36. The van der Waals surface area contributed by atoms with Crippen LogP contribution in [-0.2, 0) is 24.8 Å². The summed E-state index contributed by atoms with van der Waals surface area (Å²) in [6.07, 6.45) is 2.40. The van der Waals surface area contributed by atoms with Crippen LogP contribution in [0.15, 0.2) is 30.6 Å². The van der Waals surface area contributed by atoms with Gasteiger partial charge < -0.3 is 14.2 Å². The maximum atomic E-state index is 13.0. The molecule has 0 aliphatic carbocycles. The van der Waals surface area contributed by atoms with Gasteiger partial charge in [-0.3, -0.25) is 9.48 Å². The molecular formula is C20H23FN6O2. The molecule has 0 N–H and O–H groups in total. The van der Waals surface area contributed by atoms with Gasteiger partial charge in [0.25, 0.3) is 5.91 Å². The molecule has 1 aliphatic heterocycles. The highest BCUT2D eigenvalue weighted by Gasteiger charge is 2.29. The predicted molar refractivity (Wildman–Crippen MR) is 104 cm³/mol. The molecule has 0 saturated heterocycles. The predicted octanol–water partition coefficient (Wildman–Crippen LogP) is 2.36. The smallest absolute Gasteiger partial charge is 0.260 e. The highest BCUT2D eigenvalue weighted by atomic mass is 19.1. The van der Waals surface area contributed by atoms with Crippen molar-refractivity contribution in [3.8, 4) is 17.3 Å². The van der Waals surface area contributed by atoms with Gasteiger partial charge in [-0.2, -0.15) is 5.10 Å². The summed E-state index contributed by atoms with van der Waals surface area (Å²) in [5.74, 6) is 0.698. The number of carbonyl (C=O) groups is 1. The van der Waals surface area contributed by atoms with Crippen LogP contribution >= 0.6 is 0 Å². The van der Waals surface area contributed by atoms with Crippen molar-refractivity contribution < 1.29 is 13.9 Å². The monoisotopic (exact) mass is 398 g/mol. The highest BCUT2D eigenvalue weighted by molar-refractivity contribution is 5.78. The van der Waals surface area contributed by atoms with E-state index in [1.54, 1.807) is 11.2 Å². The van der Waals surface area contributed by atoms with E-state index in [-0.39, 0.29) is 24.4 Å². The zero-order valence-electron chi connectivity index (χ0n) is 16.7. The fourth-order valence-corrected chi connectivity index (χ4v) is 3.54. The first-order valence-electron chi connectivity index (χ1n) is 9.54. The lowest BCUT2D eigenvalue weighted by molar-refractivity contribution is -0.134. The number of benzene rings is 1. The maximum absolute atomic E-state index is 13.0. The van der Waals surface area contributed by atoms with Crippen LogP contribution in [0.3, 0.4) is 0 Å². The summed E-state index contributed by atoms with van der Waals surface area (Å²) in [5, 5.41) is 13.0. The number of nitrogens with zero attached hydrogens (tertiary/aromatic N) is 6. The number of carbonyl (C=O) groups excluding carboxylic acids is 1. The second-order valence-corrected chi connectivity index (χ2v) is 7.36. The summed E-state index contributed by atoms with van der Waals surface area (Å²) in [4.78, 5) is 14.5. The van der Waals surface area contributed by atoms with Gasteiger partial charge in [0.15, 0.2) is 12.4 Å². The molecule has 0 atom stereocenters. The fraction of sp³-hybridized carbons (Fsp3) is 0.400. The molecule has 0 spiro atoms. The van der Waals surface area contributed by atoms with Gasteiger partial charge in [0.05, 0.1) is 0 Å². The van der Waals surface area contributed by atoms with Gasteiger partial charge >= 0.3 is 0 Å². The zero-order chi connectivity index (χ0) is 20.5. The van der Waals surface area contributed by atoms with Crippen molar-refractivity contribution >= 4 is 5.91 Å². The highest BCUT2D eigenvalue weighted by Crippen LogP contribution is 2.29. The Morgan fingerprint density at radius 3 is 2.76 bits per heavy atom. The number of rotatable bonds is 5. The molecule has 1 aromatic carbocycles. The molecule has 0 saturated carbocycles. The first kappa shape index (κ1) is 19.1. The minimum atomic E-state index is -0.342. The number of aryl methyl sites for hydroxylation is 1. The summed E-state index contributed by atoms with van der Waals surface area (Å²) in [5.41, 5.74) is 2.84. The van der Waals surface area contributed by atoms with Crippen molar-refractivity contribution in [2.24, 2.45) is 7.05 Å². The Morgan fingerprint density at radius 2 is 2.03 bits per heavy atom. The molecule has 0 unspecified atom stereocenters. The van der Waals surface area contributed by atoms with E-state index >= 15 is 0 Å². The Bertz CT molecular complexity index is 1020. The number of ether oxygens (including phenoxy) is 1. The topological polar surface area (TPSA) is 78.1 Å². The maximum Gasteiger partial charge on any atom is 0.260 e. The Balaban J connectivity index is 1.52. The van der Waals surface area contributed by atoms with Crippen molar-refractivity contribution in [1.29, 1.82) is 0 Å². The molecule has 152 valence electrons. The molecule has 3 heterocycles. The van der Waals surface area contributed by atoms with E-state index < -0.39 is 0 Å². The van der Waals surface area contributed by atoms with Crippen molar-refractivity contribution in [3.05, 3.63) is 47.7 Å². The van der Waals surface area contributed by atoms with E-state index in [0.717, 1.165) is 17.0 Å². The van der Waals surface area contributed by atoms with Crippen molar-refractivity contribution in [3.63, 3.8) is 0 Å². The quantitative estimate of drug-likeness (QED) is 0.659. The molecule has 4 rings (SSSR count). The molecule has 0 fully saturated rings. The Labute approximate surface area is 167 Å². The van der Waals surface area contributed by atoms with E-state index in [0.29, 0.717) is 31.1 Å². The summed E-state index contributed by atoms with van der Waals surface area (Å²) in [7, 11) is 1.91. The lowest BCUT2D eigenvalue weighted by Gasteiger charge is -2.27. The average molecular weight is 398 g/mol. The Kier molecular flexibility index (Phi) is 5.04. The van der Waals surface area contributed by atoms with E-state index in [2.05, 4.69) is 29.1 Å². The summed E-state index contributed by atoms with van der Waals surface area (Å²) >= 11 is 0. The van der Waals surface area contributed by atoms with Crippen LogP contribution in [0, 0.1) is 5.82 Å². The van der Waals surface area contributed by atoms with Crippen LogP contribution in [0.2, 0.25) is 0 Å². The first-order chi connectivity index (χ1) is 13.9. The molecule has 8 nitrogen and oxygen atoms in total. The van der Waals surface area contributed by atoms with Crippen LogP contribution in [0.5, 0.6) is 5.75 Å². The van der Waals surface area contributed by atoms with E-state index in [4.69, 9.17) is 4.74 Å². The van der Waals surface area contributed by atoms with Crippen LogP contribution in [0.4, 0.5) is 4.39 Å². The standard InChI is InChI=1S/C20H23FN6O2/c1-13(2)27-12-22-23-20(27)19-16-10-26(9-8-17(16)25(3)24-19)18(28)11-29-15-6-4-14(21)5-7-15/h4-7,12-13H,8-11H2,1-3H3. The number of hydrogen-bond acceptors (Lipinski definition) is 5. The first-order valence-corrected chi connectivity index (χ1v) is 9.54. The Morgan fingerprint density at radius 1 is 1.28 bits per heavy atom. The number of fused-ring (bicyclic) bond motifs is 1. The lowest BCUT2D eigenvalue weighted by Crippen LogP contribution is -2.39. The molecule has 0 bridgehead atoms. The minimum absolute atomic E-state index is 0.0985. The van der Waals surface area contributed by atoms with E-state index in [9.17, 15) is 9.18 Å². The van der Waals surface area contributed by atoms with Gasteiger partial charge in [0, 0.05) is 43.9 Å². The number of aromatic nitrogens is 5. The van der Waals surface area contributed by atoms with Crippen molar-refractivity contribution in [2.45, 2.75) is 32.9 Å². The third kappa shape index (κ3) is 3.72. The van der Waals surface area contributed by atoms with Gasteiger partial charge in [-0.15, -0.1) is 10.2 Å². The van der Waals surface area contributed by atoms with E-state index in [1.807, 2.05) is 16.3 Å². The second kappa shape index (κ2) is 7.65. The van der Waals surface area contributed by atoms with Crippen LogP contribution in [-0.4, -0.2) is 48.5 Å². The molecular weight excluding hydrogens is 375 g/mol. The van der Waals surface area contributed by atoms with Crippen molar-refractivity contribution in [2.75, 3.05) is 13.2 Å². The number of halogens is 1. The largest absolute Gasteiger partial charge is 0.484 e. The van der Waals surface area contributed by atoms with Gasteiger partial charge in [-0.25, -0.2) is 4.39 Å². The average Bonchev–Trinajstić information content (AvgIpc) is 3.32. The number of amides is 1. The SMILES string of the molecule is CC(C)n1cnnc1-c1nn(C)c2c1CN(C(=O)COc1ccc(F)cc1)CC2. The lowest BCUT2D eigenvalue weighted by atomic mass is 10.0. The van der Waals surface area contributed by atoms with Gasteiger partial charge in [-0.05, 0) is 38.1 Å². The summed E-state index contributed by atoms with van der Waals surface area (Å²) in [6, 6.07) is 5.83. The molecule has 0 radical (unpaired) electrons. The third-order valence-electron chi connectivity index (χ3n) is 5.11. The normalized spacial score (nSPS) is 13.6. The molecule has 29 heavy (non-hydrogen) atoms. The molecule has 1 amide bonds. The third-order valence-corrected chi connectivity index (χ3v) is 5.11. The van der Waals surface area contributed by atoms with Gasteiger partial charge in [-0.1, -0.05) is 0 Å². The fourth-order valence-electron chi connectivity index (χ4n) is 3.54. The molecule has 3 aromatic rings. The van der Waals surface area contributed by atoms with Crippen LogP contribution in [0.1, 0.15) is 31.1 Å². The van der Waals surface area contributed by atoms with Gasteiger partial charge in [0.2, 0.25) is 0 Å². The summed E-state index contributed by atoms with van der Waals surface area (Å²) < 4.78 is 22.4. The van der Waals surface area contributed by atoms with E-state index in [1.165, 1.54) is 24.3 Å². The van der Waals surface area contributed by atoms with Gasteiger partial charge in [0.1, 0.15) is 23.6 Å². The summed E-state index contributed by atoms with van der Waals surface area (Å²) in [6.45, 7) is 5.05. The molecule has 2 aromatic heterocycles.